The normalized spacial score (nSPS) is 25.6. The van der Waals surface area contributed by atoms with Gasteiger partial charge in [-0.3, -0.25) is 4.79 Å². The summed E-state index contributed by atoms with van der Waals surface area (Å²) in [6.07, 6.45) is -8.62. The van der Waals surface area contributed by atoms with Crippen LogP contribution in [0.2, 0.25) is 0 Å². The van der Waals surface area contributed by atoms with E-state index in [9.17, 15) is 40.2 Å². The Morgan fingerprint density at radius 3 is 2.16 bits per heavy atom. The summed E-state index contributed by atoms with van der Waals surface area (Å²) in [6.45, 7) is 1.68. The van der Waals surface area contributed by atoms with Crippen LogP contribution < -0.4 is 4.74 Å². The first-order valence-electron chi connectivity index (χ1n) is 11.9. The van der Waals surface area contributed by atoms with E-state index in [1.807, 2.05) is 0 Å². The van der Waals surface area contributed by atoms with E-state index < -0.39 is 61.0 Å². The highest BCUT2D eigenvalue weighted by atomic mass is 16.7. The average Bonchev–Trinajstić information content (AvgIpc) is 2.89. The molecule has 1 aliphatic rings. The lowest BCUT2D eigenvalue weighted by molar-refractivity contribution is -0.277. The van der Waals surface area contributed by atoms with E-state index in [1.54, 1.807) is 12.1 Å². The van der Waals surface area contributed by atoms with Gasteiger partial charge in [-0.05, 0) is 42.3 Å². The summed E-state index contributed by atoms with van der Waals surface area (Å²) in [5.74, 6) is -1.49. The van der Waals surface area contributed by atoms with E-state index in [1.165, 1.54) is 43.3 Å². The number of aromatic hydroxyl groups is 1. The maximum atomic E-state index is 13.0. The quantitative estimate of drug-likeness (QED) is 0.214. The van der Waals surface area contributed by atoms with Gasteiger partial charge < -0.3 is 49.6 Å². The van der Waals surface area contributed by atoms with Crippen molar-refractivity contribution >= 4 is 11.9 Å². The van der Waals surface area contributed by atoms with Gasteiger partial charge in [0.25, 0.3) is 0 Å². The van der Waals surface area contributed by atoms with Crippen LogP contribution in [0.1, 0.15) is 25.0 Å². The molecule has 2 aromatic rings. The summed E-state index contributed by atoms with van der Waals surface area (Å²) in [7, 11) is 0. The first kappa shape index (κ1) is 29.3. The highest BCUT2D eigenvalue weighted by molar-refractivity contribution is 5.81. The second-order valence-corrected chi connectivity index (χ2v) is 9.05. The fraction of sp³-hybridized carbons (Fsp3) is 0.462. The molecule has 6 N–H and O–H groups in total. The molecule has 3 rings (SSSR count). The zero-order valence-corrected chi connectivity index (χ0v) is 20.8. The molecule has 0 saturated carbocycles. The molecule has 1 fully saturated rings. The molecule has 0 amide bonds. The number of phenols is 1. The molecule has 1 aliphatic heterocycles. The van der Waals surface area contributed by atoms with Crippen molar-refractivity contribution in [3.8, 4) is 11.5 Å². The second kappa shape index (κ2) is 12.5. The molecule has 1 heterocycles. The molecule has 7 atom stereocenters. The number of carbonyl (C=O) groups excluding carboxylic acids is 2. The Morgan fingerprint density at radius 1 is 0.974 bits per heavy atom. The van der Waals surface area contributed by atoms with Crippen LogP contribution >= 0.6 is 0 Å². The number of esters is 2. The Bertz CT molecular complexity index is 1070. The first-order chi connectivity index (χ1) is 17.9. The SMILES string of the molecule is CC(=O)O[C@@H](C)[C@@](O)(Cc1ccc(O)cc1)C(=O)OCc1ccc(O[C@H]2O[C@@H](CO)[C@@H](O)[C@@H](O)[C@H]2O)cc1. The van der Waals surface area contributed by atoms with Crippen LogP contribution in [0, 0.1) is 0 Å². The van der Waals surface area contributed by atoms with E-state index in [0.29, 0.717) is 11.1 Å². The molecule has 2 aromatic carbocycles. The molecule has 1 saturated heterocycles. The Hall–Kier alpha value is -3.26. The van der Waals surface area contributed by atoms with E-state index in [-0.39, 0.29) is 24.5 Å². The van der Waals surface area contributed by atoms with Gasteiger partial charge in [0.05, 0.1) is 6.61 Å². The fourth-order valence-electron chi connectivity index (χ4n) is 3.89. The Balaban J connectivity index is 1.65. The molecule has 0 bridgehead atoms. The standard InChI is InChI=1S/C26H32O12/c1-14(36-15(2)28)26(34,11-16-3-7-18(29)8-4-16)25(33)35-13-17-5-9-19(10-6-17)37-24-23(32)22(31)21(30)20(12-27)38-24/h3-10,14,20-24,27,29-32,34H,11-13H2,1-2H3/t14-,20-,21+,22+,23+,24-,26-/m0/s1. The van der Waals surface area contributed by atoms with Gasteiger partial charge in [0, 0.05) is 13.3 Å². The summed E-state index contributed by atoms with van der Waals surface area (Å²) < 4.78 is 21.2. The Labute approximate surface area is 218 Å². The van der Waals surface area contributed by atoms with Crippen molar-refractivity contribution in [3.63, 3.8) is 0 Å². The van der Waals surface area contributed by atoms with Gasteiger partial charge in [0.15, 0.2) is 0 Å². The monoisotopic (exact) mass is 536 g/mol. The summed E-state index contributed by atoms with van der Waals surface area (Å²) in [4.78, 5) is 24.4. The second-order valence-electron chi connectivity index (χ2n) is 9.05. The molecule has 0 radical (unpaired) electrons. The molecule has 0 aromatic heterocycles. The summed E-state index contributed by atoms with van der Waals surface area (Å²) in [5, 5.41) is 59.9. The fourth-order valence-corrected chi connectivity index (χ4v) is 3.89. The third-order valence-corrected chi connectivity index (χ3v) is 6.17. The number of ether oxygens (including phenoxy) is 4. The lowest BCUT2D eigenvalue weighted by Gasteiger charge is -2.39. The van der Waals surface area contributed by atoms with Crippen LogP contribution in [-0.2, 0) is 36.8 Å². The topological polar surface area (TPSA) is 192 Å². The van der Waals surface area contributed by atoms with Gasteiger partial charge >= 0.3 is 11.9 Å². The minimum absolute atomic E-state index is 0.00636. The number of hydrogen-bond acceptors (Lipinski definition) is 12. The molecule has 0 aliphatic carbocycles. The highest BCUT2D eigenvalue weighted by Crippen LogP contribution is 2.26. The van der Waals surface area contributed by atoms with Gasteiger partial charge in [-0.1, -0.05) is 24.3 Å². The number of rotatable bonds is 10. The minimum atomic E-state index is -2.21. The number of carbonyl (C=O) groups is 2. The lowest BCUT2D eigenvalue weighted by atomic mass is 9.89. The Morgan fingerprint density at radius 2 is 1.58 bits per heavy atom. The number of aliphatic hydroxyl groups excluding tert-OH is 4. The number of hydrogen-bond donors (Lipinski definition) is 6. The highest BCUT2D eigenvalue weighted by Gasteiger charge is 2.46. The van der Waals surface area contributed by atoms with Crippen molar-refractivity contribution < 1.29 is 59.2 Å². The third kappa shape index (κ3) is 6.98. The van der Waals surface area contributed by atoms with Crippen molar-refractivity contribution in [2.45, 2.75) is 69.3 Å². The minimum Gasteiger partial charge on any atom is -0.508 e. The predicted molar refractivity (Wildman–Crippen MR) is 129 cm³/mol. The van der Waals surface area contributed by atoms with E-state index >= 15 is 0 Å². The van der Waals surface area contributed by atoms with Crippen molar-refractivity contribution in [1.29, 1.82) is 0 Å². The van der Waals surface area contributed by atoms with Gasteiger partial charge in [-0.25, -0.2) is 4.79 Å². The third-order valence-electron chi connectivity index (χ3n) is 6.17. The van der Waals surface area contributed by atoms with Crippen molar-refractivity contribution in [2.24, 2.45) is 0 Å². The summed E-state index contributed by atoms with van der Waals surface area (Å²) >= 11 is 0. The largest absolute Gasteiger partial charge is 0.508 e. The maximum Gasteiger partial charge on any atom is 0.342 e. The van der Waals surface area contributed by atoms with Gasteiger partial charge in [0.2, 0.25) is 11.9 Å². The Kier molecular flexibility index (Phi) is 9.66. The van der Waals surface area contributed by atoms with Gasteiger partial charge in [-0.15, -0.1) is 0 Å². The van der Waals surface area contributed by atoms with Crippen LogP contribution in [0.25, 0.3) is 0 Å². The number of aliphatic hydroxyl groups is 5. The predicted octanol–water partition coefficient (Wildman–Crippen LogP) is -0.460. The molecule has 208 valence electrons. The van der Waals surface area contributed by atoms with Crippen molar-refractivity contribution in [1.82, 2.24) is 0 Å². The summed E-state index contributed by atoms with van der Waals surface area (Å²) in [5.41, 5.74) is -1.21. The van der Waals surface area contributed by atoms with Crippen LogP contribution in [0.3, 0.4) is 0 Å². The zero-order valence-electron chi connectivity index (χ0n) is 20.8. The average molecular weight is 537 g/mol. The van der Waals surface area contributed by atoms with E-state index in [4.69, 9.17) is 18.9 Å². The van der Waals surface area contributed by atoms with Crippen LogP contribution in [-0.4, -0.2) is 91.6 Å². The molecule has 0 spiro atoms. The van der Waals surface area contributed by atoms with Crippen molar-refractivity contribution in [2.75, 3.05) is 6.61 Å². The number of benzene rings is 2. The van der Waals surface area contributed by atoms with Crippen molar-refractivity contribution in [3.05, 3.63) is 59.7 Å². The number of phenolic OH excluding ortho intramolecular Hbond substituents is 1. The lowest BCUT2D eigenvalue weighted by Crippen LogP contribution is -2.60. The maximum absolute atomic E-state index is 13.0. The molecule has 0 unspecified atom stereocenters. The molecule has 12 nitrogen and oxygen atoms in total. The van der Waals surface area contributed by atoms with E-state index in [0.717, 1.165) is 6.92 Å². The van der Waals surface area contributed by atoms with Gasteiger partial charge in [0.1, 0.15) is 48.6 Å². The summed E-state index contributed by atoms with van der Waals surface area (Å²) in [6, 6.07) is 11.9. The molecular weight excluding hydrogens is 504 g/mol. The van der Waals surface area contributed by atoms with Crippen LogP contribution in [0.5, 0.6) is 11.5 Å². The van der Waals surface area contributed by atoms with E-state index in [2.05, 4.69) is 0 Å². The smallest absolute Gasteiger partial charge is 0.342 e. The molecule has 38 heavy (non-hydrogen) atoms. The molecule has 12 heteroatoms. The van der Waals surface area contributed by atoms with Crippen LogP contribution in [0.4, 0.5) is 0 Å². The first-order valence-corrected chi connectivity index (χ1v) is 11.9. The zero-order chi connectivity index (χ0) is 28.0. The van der Waals surface area contributed by atoms with Crippen LogP contribution in [0.15, 0.2) is 48.5 Å². The van der Waals surface area contributed by atoms with Gasteiger partial charge in [-0.2, -0.15) is 0 Å². The molecular formula is C26H32O12.